The lowest BCUT2D eigenvalue weighted by atomic mass is 10.1. The van der Waals surface area contributed by atoms with E-state index in [-0.39, 0.29) is 18.6 Å². The monoisotopic (exact) mass is 241 g/mol. The molecule has 2 unspecified atom stereocenters. The van der Waals surface area contributed by atoms with E-state index < -0.39 is 0 Å². The lowest BCUT2D eigenvalue weighted by molar-refractivity contribution is -0.131. The number of aliphatic hydroxyl groups excluding tert-OH is 1. The summed E-state index contributed by atoms with van der Waals surface area (Å²) in [5.74, 6) is 0.205. The van der Waals surface area contributed by atoms with E-state index in [0.29, 0.717) is 12.6 Å². The average Bonchev–Trinajstić information content (AvgIpc) is 2.91. The van der Waals surface area contributed by atoms with Crippen LogP contribution < -0.4 is 5.32 Å². The number of carbonyl (C=O) groups excluding carboxylic acids is 1. The molecule has 2 N–H and O–H groups in total. The molecule has 5 nitrogen and oxygen atoms in total. The van der Waals surface area contributed by atoms with Crippen molar-refractivity contribution < 1.29 is 9.90 Å². The van der Waals surface area contributed by atoms with Crippen LogP contribution in [-0.4, -0.2) is 72.7 Å². The fourth-order valence-electron chi connectivity index (χ4n) is 2.84. The average molecular weight is 241 g/mol. The van der Waals surface area contributed by atoms with Crippen LogP contribution in [-0.2, 0) is 4.79 Å². The highest BCUT2D eigenvalue weighted by Crippen LogP contribution is 2.17. The Kier molecular flexibility index (Phi) is 4.36. The second-order valence-corrected chi connectivity index (χ2v) is 5.08. The standard InChI is InChI=1S/C12H23N3O2/c1-14-6-4-11(12(14)17)15(7-8-16)9-10-3-2-5-13-10/h10-11,13,16H,2-9H2,1H3. The molecule has 0 aromatic heterocycles. The van der Waals surface area contributed by atoms with Gasteiger partial charge in [0.25, 0.3) is 0 Å². The van der Waals surface area contributed by atoms with E-state index in [4.69, 9.17) is 5.11 Å². The summed E-state index contributed by atoms with van der Waals surface area (Å²) >= 11 is 0. The lowest BCUT2D eigenvalue weighted by Crippen LogP contribution is -2.47. The summed E-state index contributed by atoms with van der Waals surface area (Å²) in [6.45, 7) is 3.52. The SMILES string of the molecule is CN1CCC(N(CCO)CC2CCCN2)C1=O. The zero-order valence-corrected chi connectivity index (χ0v) is 10.6. The summed E-state index contributed by atoms with van der Waals surface area (Å²) in [6.07, 6.45) is 3.29. The maximum absolute atomic E-state index is 12.0. The van der Waals surface area contributed by atoms with Crippen LogP contribution in [0.4, 0.5) is 0 Å². The molecule has 0 saturated carbocycles. The Labute approximate surface area is 103 Å². The van der Waals surface area contributed by atoms with Crippen molar-refractivity contribution in [1.29, 1.82) is 0 Å². The molecule has 2 rings (SSSR count). The van der Waals surface area contributed by atoms with Gasteiger partial charge in [-0.05, 0) is 25.8 Å². The molecule has 0 aromatic carbocycles. The molecule has 2 aliphatic heterocycles. The van der Waals surface area contributed by atoms with E-state index in [2.05, 4.69) is 10.2 Å². The van der Waals surface area contributed by atoms with E-state index in [9.17, 15) is 4.79 Å². The molecule has 0 aliphatic carbocycles. The number of likely N-dealkylation sites (N-methyl/N-ethyl adjacent to an activating group) is 1. The predicted molar refractivity (Wildman–Crippen MR) is 65.7 cm³/mol. The van der Waals surface area contributed by atoms with E-state index in [0.717, 1.165) is 26.1 Å². The van der Waals surface area contributed by atoms with Crippen LogP contribution in [0.15, 0.2) is 0 Å². The lowest BCUT2D eigenvalue weighted by Gasteiger charge is -2.29. The first kappa shape index (κ1) is 12.8. The second kappa shape index (κ2) is 5.80. The van der Waals surface area contributed by atoms with Crippen LogP contribution >= 0.6 is 0 Å². The van der Waals surface area contributed by atoms with Crippen LogP contribution in [0.25, 0.3) is 0 Å². The molecule has 2 heterocycles. The fourth-order valence-corrected chi connectivity index (χ4v) is 2.84. The summed E-state index contributed by atoms with van der Waals surface area (Å²) in [4.78, 5) is 15.9. The number of aliphatic hydroxyl groups is 1. The van der Waals surface area contributed by atoms with Gasteiger partial charge in [-0.1, -0.05) is 0 Å². The summed E-state index contributed by atoms with van der Waals surface area (Å²) in [5, 5.41) is 12.6. The minimum Gasteiger partial charge on any atom is -0.395 e. The Morgan fingerprint density at radius 1 is 1.53 bits per heavy atom. The molecule has 1 amide bonds. The quantitative estimate of drug-likeness (QED) is 0.666. The minimum absolute atomic E-state index is 0.0189. The molecule has 0 bridgehead atoms. The third kappa shape index (κ3) is 2.97. The van der Waals surface area contributed by atoms with Crippen molar-refractivity contribution >= 4 is 5.91 Å². The van der Waals surface area contributed by atoms with Crippen LogP contribution in [0, 0.1) is 0 Å². The minimum atomic E-state index is -0.0189. The number of likely N-dealkylation sites (tertiary alicyclic amines) is 1. The Morgan fingerprint density at radius 3 is 2.88 bits per heavy atom. The number of carbonyl (C=O) groups is 1. The van der Waals surface area contributed by atoms with Crippen molar-refractivity contribution in [2.45, 2.75) is 31.3 Å². The molecule has 2 aliphatic rings. The Hall–Kier alpha value is -0.650. The molecule has 0 aromatic rings. The third-order valence-electron chi connectivity index (χ3n) is 3.84. The van der Waals surface area contributed by atoms with Gasteiger partial charge in [0, 0.05) is 32.7 Å². The summed E-state index contributed by atoms with van der Waals surface area (Å²) < 4.78 is 0. The van der Waals surface area contributed by atoms with E-state index >= 15 is 0 Å². The van der Waals surface area contributed by atoms with E-state index in [1.165, 1.54) is 12.8 Å². The van der Waals surface area contributed by atoms with Gasteiger partial charge in [-0.2, -0.15) is 0 Å². The van der Waals surface area contributed by atoms with Crippen molar-refractivity contribution in [3.63, 3.8) is 0 Å². The van der Waals surface area contributed by atoms with E-state index in [1.807, 2.05) is 7.05 Å². The molecular weight excluding hydrogens is 218 g/mol. The van der Waals surface area contributed by atoms with Gasteiger partial charge in [0.2, 0.25) is 5.91 Å². The third-order valence-corrected chi connectivity index (χ3v) is 3.84. The smallest absolute Gasteiger partial charge is 0.239 e. The van der Waals surface area contributed by atoms with Crippen molar-refractivity contribution in [2.24, 2.45) is 0 Å². The number of hydrogen-bond acceptors (Lipinski definition) is 4. The van der Waals surface area contributed by atoms with Gasteiger partial charge in [-0.15, -0.1) is 0 Å². The highest BCUT2D eigenvalue weighted by Gasteiger charge is 2.34. The van der Waals surface area contributed by atoms with Gasteiger partial charge < -0.3 is 15.3 Å². The number of rotatable bonds is 5. The van der Waals surface area contributed by atoms with Crippen molar-refractivity contribution in [1.82, 2.24) is 15.1 Å². The van der Waals surface area contributed by atoms with Gasteiger partial charge in [0.1, 0.15) is 0 Å². The summed E-state index contributed by atoms with van der Waals surface area (Å²) in [6, 6.07) is 0.467. The maximum atomic E-state index is 12.0. The van der Waals surface area contributed by atoms with Gasteiger partial charge in [0.15, 0.2) is 0 Å². The Bertz CT molecular complexity index is 266. The molecular formula is C12H23N3O2. The van der Waals surface area contributed by atoms with Crippen molar-refractivity contribution in [3.05, 3.63) is 0 Å². The number of nitrogens with zero attached hydrogens (tertiary/aromatic N) is 2. The Balaban J connectivity index is 1.93. The van der Waals surface area contributed by atoms with Gasteiger partial charge in [0.05, 0.1) is 12.6 Å². The largest absolute Gasteiger partial charge is 0.395 e. The van der Waals surface area contributed by atoms with Crippen molar-refractivity contribution in [3.8, 4) is 0 Å². The number of amides is 1. The van der Waals surface area contributed by atoms with Gasteiger partial charge in [-0.25, -0.2) is 0 Å². The number of nitrogens with one attached hydrogen (secondary N) is 1. The van der Waals surface area contributed by atoms with Gasteiger partial charge in [-0.3, -0.25) is 9.69 Å². The first-order chi connectivity index (χ1) is 8.22. The summed E-state index contributed by atoms with van der Waals surface area (Å²) in [5.41, 5.74) is 0. The van der Waals surface area contributed by atoms with Gasteiger partial charge >= 0.3 is 0 Å². The van der Waals surface area contributed by atoms with Crippen LogP contribution in [0.2, 0.25) is 0 Å². The van der Waals surface area contributed by atoms with Crippen LogP contribution in [0.3, 0.4) is 0 Å². The summed E-state index contributed by atoms with van der Waals surface area (Å²) in [7, 11) is 1.85. The zero-order chi connectivity index (χ0) is 12.3. The topological polar surface area (TPSA) is 55.8 Å². The van der Waals surface area contributed by atoms with Crippen molar-refractivity contribution in [2.75, 3.05) is 39.8 Å². The Morgan fingerprint density at radius 2 is 2.35 bits per heavy atom. The maximum Gasteiger partial charge on any atom is 0.239 e. The molecule has 2 atom stereocenters. The normalized spacial score (nSPS) is 29.6. The second-order valence-electron chi connectivity index (χ2n) is 5.08. The predicted octanol–water partition coefficient (Wildman–Crippen LogP) is -0.737. The first-order valence-electron chi connectivity index (χ1n) is 6.55. The van der Waals surface area contributed by atoms with Crippen LogP contribution in [0.5, 0.6) is 0 Å². The molecule has 2 saturated heterocycles. The molecule has 17 heavy (non-hydrogen) atoms. The molecule has 2 fully saturated rings. The molecule has 0 radical (unpaired) electrons. The highest BCUT2D eigenvalue weighted by molar-refractivity contribution is 5.83. The molecule has 0 spiro atoms. The zero-order valence-electron chi connectivity index (χ0n) is 10.6. The fraction of sp³-hybridized carbons (Fsp3) is 0.917. The first-order valence-corrected chi connectivity index (χ1v) is 6.55. The molecule has 5 heteroatoms. The van der Waals surface area contributed by atoms with E-state index in [1.54, 1.807) is 4.90 Å². The van der Waals surface area contributed by atoms with Crippen LogP contribution in [0.1, 0.15) is 19.3 Å². The number of hydrogen-bond donors (Lipinski definition) is 2. The highest BCUT2D eigenvalue weighted by atomic mass is 16.3. The molecule has 98 valence electrons.